The molecule has 0 aliphatic rings. The van der Waals surface area contributed by atoms with Crippen molar-refractivity contribution < 1.29 is 14.4 Å². The van der Waals surface area contributed by atoms with E-state index in [1.54, 1.807) is 30.3 Å². The van der Waals surface area contributed by atoms with Crippen LogP contribution in [0.5, 0.6) is 0 Å². The van der Waals surface area contributed by atoms with Crippen molar-refractivity contribution in [1.82, 2.24) is 5.16 Å². The molecule has 3 aromatic rings. The molecule has 0 unspecified atom stereocenters. The second-order valence-electron chi connectivity index (χ2n) is 4.81. The number of halogens is 1. The van der Waals surface area contributed by atoms with Crippen molar-refractivity contribution in [3.63, 3.8) is 0 Å². The average Bonchev–Trinajstić information content (AvgIpc) is 2.97. The minimum absolute atomic E-state index is 0.0661. The van der Waals surface area contributed by atoms with Crippen LogP contribution in [-0.2, 0) is 11.2 Å². The summed E-state index contributed by atoms with van der Waals surface area (Å²) in [7, 11) is 0. The Morgan fingerprint density at radius 2 is 1.95 bits per heavy atom. The Morgan fingerprint density at radius 3 is 2.73 bits per heavy atom. The predicted octanol–water partition coefficient (Wildman–Crippen LogP) is 4.29. The second-order valence-corrected chi connectivity index (χ2v) is 5.25. The minimum atomic E-state index is -0.887. The summed E-state index contributed by atoms with van der Waals surface area (Å²) in [6.07, 6.45) is -0.0661. The van der Waals surface area contributed by atoms with Crippen LogP contribution in [0.3, 0.4) is 0 Å². The van der Waals surface area contributed by atoms with Crippen molar-refractivity contribution in [2.45, 2.75) is 6.42 Å². The van der Waals surface area contributed by atoms with Crippen LogP contribution in [0.4, 0.5) is 0 Å². The quantitative estimate of drug-likeness (QED) is 0.780. The summed E-state index contributed by atoms with van der Waals surface area (Å²) in [6, 6.07) is 16.3. The number of hydrogen-bond donors (Lipinski definition) is 1. The van der Waals surface area contributed by atoms with E-state index in [0.29, 0.717) is 22.0 Å². The lowest BCUT2D eigenvalue weighted by Gasteiger charge is -2.03. The Hall–Kier alpha value is -2.59. The molecule has 0 amide bonds. The van der Waals surface area contributed by atoms with Gasteiger partial charge in [-0.05, 0) is 17.7 Å². The van der Waals surface area contributed by atoms with E-state index in [0.717, 1.165) is 11.1 Å². The maximum atomic E-state index is 11.0. The van der Waals surface area contributed by atoms with Gasteiger partial charge in [0, 0.05) is 22.2 Å². The largest absolute Gasteiger partial charge is 0.481 e. The van der Waals surface area contributed by atoms with Crippen LogP contribution in [0.2, 0.25) is 5.02 Å². The van der Waals surface area contributed by atoms with Crippen LogP contribution in [0.1, 0.15) is 5.56 Å². The number of benzene rings is 2. The molecule has 0 spiro atoms. The highest BCUT2D eigenvalue weighted by molar-refractivity contribution is 6.30. The Kier molecular flexibility index (Phi) is 3.94. The van der Waals surface area contributed by atoms with Gasteiger partial charge in [0.25, 0.3) is 0 Å². The number of nitrogens with zero attached hydrogens (tertiary/aromatic N) is 1. The fraction of sp³-hybridized carbons (Fsp3) is 0.0588. The van der Waals surface area contributed by atoms with Crippen LogP contribution >= 0.6 is 11.6 Å². The highest BCUT2D eigenvalue weighted by Crippen LogP contribution is 2.29. The smallest absolute Gasteiger partial charge is 0.307 e. The number of rotatable bonds is 4. The van der Waals surface area contributed by atoms with Gasteiger partial charge in [0.05, 0.1) is 6.42 Å². The molecule has 0 saturated carbocycles. The zero-order chi connectivity index (χ0) is 15.5. The SMILES string of the molecule is O=C(O)Cc1ccccc1-c1cc(-c2cccc(Cl)c2)no1. The summed E-state index contributed by atoms with van der Waals surface area (Å²) in [5.41, 5.74) is 2.91. The van der Waals surface area contributed by atoms with Crippen LogP contribution in [-0.4, -0.2) is 16.2 Å². The number of carboxylic acids is 1. The van der Waals surface area contributed by atoms with Gasteiger partial charge in [0.1, 0.15) is 5.69 Å². The van der Waals surface area contributed by atoms with Gasteiger partial charge in [0.15, 0.2) is 5.76 Å². The molecule has 1 heterocycles. The Bertz CT molecular complexity index is 826. The molecule has 1 aromatic heterocycles. The van der Waals surface area contributed by atoms with Gasteiger partial charge in [-0.1, -0.05) is 53.2 Å². The summed E-state index contributed by atoms with van der Waals surface area (Å²) in [5, 5.41) is 13.7. The van der Waals surface area contributed by atoms with Gasteiger partial charge in [-0.2, -0.15) is 0 Å². The predicted molar refractivity (Wildman–Crippen MR) is 83.7 cm³/mol. The van der Waals surface area contributed by atoms with E-state index >= 15 is 0 Å². The molecule has 0 atom stereocenters. The lowest BCUT2D eigenvalue weighted by atomic mass is 10.0. The van der Waals surface area contributed by atoms with E-state index in [-0.39, 0.29) is 6.42 Å². The molecule has 2 aromatic carbocycles. The molecule has 0 aliphatic carbocycles. The van der Waals surface area contributed by atoms with Gasteiger partial charge in [-0.25, -0.2) is 0 Å². The summed E-state index contributed by atoms with van der Waals surface area (Å²) >= 11 is 5.98. The first kappa shape index (κ1) is 14.4. The first-order valence-electron chi connectivity index (χ1n) is 6.66. The fourth-order valence-electron chi connectivity index (χ4n) is 2.26. The molecular formula is C17H12ClNO3. The highest BCUT2D eigenvalue weighted by Gasteiger charge is 2.13. The van der Waals surface area contributed by atoms with Gasteiger partial charge >= 0.3 is 5.97 Å². The summed E-state index contributed by atoms with van der Waals surface area (Å²) < 4.78 is 5.38. The third-order valence-corrected chi connectivity index (χ3v) is 3.49. The summed E-state index contributed by atoms with van der Waals surface area (Å²) in [6.45, 7) is 0. The van der Waals surface area contributed by atoms with E-state index in [4.69, 9.17) is 21.2 Å². The molecular weight excluding hydrogens is 302 g/mol. The third kappa shape index (κ3) is 3.02. The molecule has 22 heavy (non-hydrogen) atoms. The molecule has 4 nitrogen and oxygen atoms in total. The van der Waals surface area contributed by atoms with Crippen molar-refractivity contribution in [3.8, 4) is 22.6 Å². The lowest BCUT2D eigenvalue weighted by Crippen LogP contribution is -2.01. The van der Waals surface area contributed by atoms with Gasteiger partial charge in [-0.15, -0.1) is 0 Å². The van der Waals surface area contributed by atoms with Crippen molar-refractivity contribution in [2.75, 3.05) is 0 Å². The van der Waals surface area contributed by atoms with Crippen LogP contribution in [0.25, 0.3) is 22.6 Å². The van der Waals surface area contributed by atoms with Crippen molar-refractivity contribution >= 4 is 17.6 Å². The van der Waals surface area contributed by atoms with E-state index in [2.05, 4.69) is 5.16 Å². The highest BCUT2D eigenvalue weighted by atomic mass is 35.5. The lowest BCUT2D eigenvalue weighted by molar-refractivity contribution is -0.136. The van der Waals surface area contributed by atoms with Crippen LogP contribution in [0, 0.1) is 0 Å². The fourth-order valence-corrected chi connectivity index (χ4v) is 2.45. The maximum Gasteiger partial charge on any atom is 0.307 e. The van der Waals surface area contributed by atoms with Gasteiger partial charge < -0.3 is 9.63 Å². The van der Waals surface area contributed by atoms with Crippen molar-refractivity contribution in [2.24, 2.45) is 0 Å². The third-order valence-electron chi connectivity index (χ3n) is 3.26. The molecule has 5 heteroatoms. The summed E-state index contributed by atoms with van der Waals surface area (Å²) in [4.78, 5) is 11.0. The molecule has 0 bridgehead atoms. The van der Waals surface area contributed by atoms with Crippen molar-refractivity contribution in [3.05, 3.63) is 65.2 Å². The normalized spacial score (nSPS) is 10.6. The van der Waals surface area contributed by atoms with Gasteiger partial charge in [-0.3, -0.25) is 4.79 Å². The zero-order valence-corrected chi connectivity index (χ0v) is 12.2. The molecule has 1 N–H and O–H groups in total. The maximum absolute atomic E-state index is 11.0. The molecule has 110 valence electrons. The molecule has 3 rings (SSSR count). The average molecular weight is 314 g/mol. The molecule has 0 fully saturated rings. The van der Waals surface area contributed by atoms with Crippen LogP contribution < -0.4 is 0 Å². The molecule has 0 saturated heterocycles. The van der Waals surface area contributed by atoms with E-state index < -0.39 is 5.97 Å². The zero-order valence-electron chi connectivity index (χ0n) is 11.5. The molecule has 0 radical (unpaired) electrons. The monoisotopic (exact) mass is 313 g/mol. The number of aliphatic carboxylic acids is 1. The van der Waals surface area contributed by atoms with E-state index in [9.17, 15) is 4.79 Å². The number of carbonyl (C=O) groups is 1. The summed E-state index contributed by atoms with van der Waals surface area (Å²) in [5.74, 6) is -0.353. The topological polar surface area (TPSA) is 63.3 Å². The Morgan fingerprint density at radius 1 is 1.14 bits per heavy atom. The minimum Gasteiger partial charge on any atom is -0.481 e. The van der Waals surface area contributed by atoms with Gasteiger partial charge in [0.2, 0.25) is 0 Å². The van der Waals surface area contributed by atoms with E-state index in [1.165, 1.54) is 0 Å². The number of carboxylic acid groups (broad SMARTS) is 1. The molecule has 0 aliphatic heterocycles. The number of aromatic nitrogens is 1. The van der Waals surface area contributed by atoms with Crippen molar-refractivity contribution in [1.29, 1.82) is 0 Å². The number of hydrogen-bond acceptors (Lipinski definition) is 3. The first-order valence-corrected chi connectivity index (χ1v) is 7.04. The van der Waals surface area contributed by atoms with E-state index in [1.807, 2.05) is 24.3 Å². The second kappa shape index (κ2) is 6.03. The Balaban J connectivity index is 1.99. The Labute approximate surface area is 131 Å². The standard InChI is InChI=1S/C17H12ClNO3/c18-13-6-3-5-12(8-13)15-10-16(22-19-15)14-7-2-1-4-11(14)9-17(20)21/h1-8,10H,9H2,(H,20,21). The first-order chi connectivity index (χ1) is 10.6. The van der Waals surface area contributed by atoms with Crippen LogP contribution in [0.15, 0.2) is 59.1 Å².